The molecule has 1 heterocycles. The Morgan fingerprint density at radius 1 is 1.22 bits per heavy atom. The summed E-state index contributed by atoms with van der Waals surface area (Å²) in [6.07, 6.45) is 3.37. The van der Waals surface area contributed by atoms with E-state index in [0.29, 0.717) is 27.5 Å². The Bertz CT molecular complexity index is 599. The predicted octanol–water partition coefficient (Wildman–Crippen LogP) is 2.32. The minimum atomic E-state index is -0.0712. The van der Waals surface area contributed by atoms with Gasteiger partial charge in [0.15, 0.2) is 5.78 Å². The predicted molar refractivity (Wildman–Crippen MR) is 72.5 cm³/mol. The molecule has 0 radical (unpaired) electrons. The zero-order valence-electron chi connectivity index (χ0n) is 9.56. The van der Waals surface area contributed by atoms with Crippen LogP contribution >= 0.6 is 11.6 Å². The Labute approximate surface area is 110 Å². The standard InChI is InChI=1S/C13H12ClN3O/c14-10-2-1-8(5-12(10)16)13(18)6-9-7-17-4-3-11(9)15/h1-5,7H,6,16H2,(H2,15,17). The van der Waals surface area contributed by atoms with Gasteiger partial charge in [0.05, 0.1) is 10.7 Å². The lowest BCUT2D eigenvalue weighted by atomic mass is 10.0. The van der Waals surface area contributed by atoms with Crippen molar-refractivity contribution in [2.75, 3.05) is 11.5 Å². The maximum atomic E-state index is 12.0. The number of ketones is 1. The van der Waals surface area contributed by atoms with Crippen LogP contribution in [-0.4, -0.2) is 10.8 Å². The Balaban J connectivity index is 2.22. The Hall–Kier alpha value is -2.07. The zero-order chi connectivity index (χ0) is 13.1. The maximum Gasteiger partial charge on any atom is 0.167 e. The summed E-state index contributed by atoms with van der Waals surface area (Å²) in [5.74, 6) is -0.0712. The molecule has 0 spiro atoms. The molecule has 0 fully saturated rings. The number of anilines is 2. The van der Waals surface area contributed by atoms with Crippen LogP contribution in [0.1, 0.15) is 15.9 Å². The van der Waals surface area contributed by atoms with Gasteiger partial charge in [0.1, 0.15) is 0 Å². The third kappa shape index (κ3) is 2.60. The van der Waals surface area contributed by atoms with E-state index in [1.165, 1.54) is 0 Å². The van der Waals surface area contributed by atoms with Gasteiger partial charge in [-0.05, 0) is 24.3 Å². The van der Waals surface area contributed by atoms with Crippen molar-refractivity contribution in [3.05, 3.63) is 52.8 Å². The van der Waals surface area contributed by atoms with E-state index < -0.39 is 0 Å². The maximum absolute atomic E-state index is 12.0. The number of nitrogens with two attached hydrogens (primary N) is 2. The molecule has 2 aromatic rings. The van der Waals surface area contributed by atoms with E-state index in [0.717, 1.165) is 0 Å². The lowest BCUT2D eigenvalue weighted by molar-refractivity contribution is 0.0993. The number of halogens is 1. The van der Waals surface area contributed by atoms with Crippen LogP contribution in [-0.2, 0) is 6.42 Å². The second-order valence-corrected chi connectivity index (χ2v) is 4.32. The summed E-state index contributed by atoms with van der Waals surface area (Å²) in [5.41, 5.74) is 13.6. The molecule has 18 heavy (non-hydrogen) atoms. The molecule has 4 N–H and O–H groups in total. The van der Waals surface area contributed by atoms with Crippen molar-refractivity contribution in [1.82, 2.24) is 4.98 Å². The fraction of sp³-hybridized carbons (Fsp3) is 0.0769. The fourth-order valence-corrected chi connectivity index (χ4v) is 1.70. The fourth-order valence-electron chi connectivity index (χ4n) is 1.58. The van der Waals surface area contributed by atoms with Gasteiger partial charge in [0.2, 0.25) is 0 Å². The molecule has 0 saturated heterocycles. The molecule has 4 nitrogen and oxygen atoms in total. The average molecular weight is 262 g/mol. The van der Waals surface area contributed by atoms with Crippen molar-refractivity contribution in [3.8, 4) is 0 Å². The number of carbonyl (C=O) groups excluding carboxylic acids is 1. The van der Waals surface area contributed by atoms with Crippen LogP contribution in [0.5, 0.6) is 0 Å². The molecule has 0 atom stereocenters. The molecule has 0 unspecified atom stereocenters. The Morgan fingerprint density at radius 2 is 2.00 bits per heavy atom. The normalized spacial score (nSPS) is 10.3. The SMILES string of the molecule is Nc1cc(C(=O)Cc2cnccc2N)ccc1Cl. The van der Waals surface area contributed by atoms with Crippen LogP contribution in [0.25, 0.3) is 0 Å². The van der Waals surface area contributed by atoms with Gasteiger partial charge < -0.3 is 11.5 Å². The first-order chi connectivity index (χ1) is 8.58. The first-order valence-corrected chi connectivity index (χ1v) is 5.72. The summed E-state index contributed by atoms with van der Waals surface area (Å²) in [6, 6.07) is 6.49. The molecule has 5 heteroatoms. The van der Waals surface area contributed by atoms with Gasteiger partial charge in [0.25, 0.3) is 0 Å². The van der Waals surface area contributed by atoms with Gasteiger partial charge >= 0.3 is 0 Å². The van der Waals surface area contributed by atoms with E-state index in [1.54, 1.807) is 36.7 Å². The number of hydrogen-bond donors (Lipinski definition) is 2. The van der Waals surface area contributed by atoms with Crippen molar-refractivity contribution >= 4 is 28.8 Å². The third-order valence-corrected chi connectivity index (χ3v) is 2.95. The number of Topliss-reactive ketones (excluding diaryl/α,β-unsaturated/α-hetero) is 1. The number of benzene rings is 1. The summed E-state index contributed by atoms with van der Waals surface area (Å²) >= 11 is 5.80. The number of nitrogen functional groups attached to an aromatic ring is 2. The number of carbonyl (C=O) groups is 1. The van der Waals surface area contributed by atoms with Gasteiger partial charge in [-0.3, -0.25) is 9.78 Å². The molecule has 92 valence electrons. The van der Waals surface area contributed by atoms with Gasteiger partial charge in [-0.2, -0.15) is 0 Å². The van der Waals surface area contributed by atoms with E-state index in [2.05, 4.69) is 4.98 Å². The highest BCUT2D eigenvalue weighted by atomic mass is 35.5. The number of rotatable bonds is 3. The highest BCUT2D eigenvalue weighted by Gasteiger charge is 2.10. The van der Waals surface area contributed by atoms with Crippen LogP contribution in [0.4, 0.5) is 11.4 Å². The van der Waals surface area contributed by atoms with Crippen molar-refractivity contribution in [3.63, 3.8) is 0 Å². The van der Waals surface area contributed by atoms with Gasteiger partial charge in [-0.1, -0.05) is 11.6 Å². The van der Waals surface area contributed by atoms with E-state index in [1.807, 2.05) is 0 Å². The van der Waals surface area contributed by atoms with Gasteiger partial charge in [0, 0.05) is 35.6 Å². The minimum Gasteiger partial charge on any atom is -0.398 e. The first-order valence-electron chi connectivity index (χ1n) is 5.34. The van der Waals surface area contributed by atoms with Crippen LogP contribution in [0.2, 0.25) is 5.02 Å². The molecule has 0 aliphatic rings. The van der Waals surface area contributed by atoms with Crippen LogP contribution in [0.15, 0.2) is 36.7 Å². The molecule has 1 aromatic heterocycles. The molecule has 0 saturated carbocycles. The number of nitrogens with zero attached hydrogens (tertiary/aromatic N) is 1. The van der Waals surface area contributed by atoms with E-state index in [-0.39, 0.29) is 12.2 Å². The number of pyridine rings is 1. The van der Waals surface area contributed by atoms with Gasteiger partial charge in [-0.15, -0.1) is 0 Å². The highest BCUT2D eigenvalue weighted by Crippen LogP contribution is 2.21. The van der Waals surface area contributed by atoms with Crippen molar-refractivity contribution in [1.29, 1.82) is 0 Å². The summed E-state index contributed by atoms with van der Waals surface area (Å²) in [5, 5.41) is 0.437. The van der Waals surface area contributed by atoms with Crippen LogP contribution in [0.3, 0.4) is 0 Å². The number of aromatic nitrogens is 1. The van der Waals surface area contributed by atoms with Gasteiger partial charge in [-0.25, -0.2) is 0 Å². The minimum absolute atomic E-state index is 0.0712. The average Bonchev–Trinajstić information content (AvgIpc) is 2.35. The van der Waals surface area contributed by atoms with Crippen molar-refractivity contribution in [2.45, 2.75) is 6.42 Å². The molecular weight excluding hydrogens is 250 g/mol. The Kier molecular flexibility index (Phi) is 3.48. The summed E-state index contributed by atoms with van der Waals surface area (Å²) in [4.78, 5) is 16.0. The molecule has 2 rings (SSSR count). The number of hydrogen-bond acceptors (Lipinski definition) is 4. The van der Waals surface area contributed by atoms with Crippen LogP contribution in [0, 0.1) is 0 Å². The van der Waals surface area contributed by atoms with Crippen LogP contribution < -0.4 is 11.5 Å². The van der Waals surface area contributed by atoms with Crippen molar-refractivity contribution < 1.29 is 4.79 Å². The topological polar surface area (TPSA) is 82.0 Å². The van der Waals surface area contributed by atoms with E-state index in [4.69, 9.17) is 23.1 Å². The van der Waals surface area contributed by atoms with E-state index in [9.17, 15) is 4.79 Å². The quantitative estimate of drug-likeness (QED) is 0.656. The lowest BCUT2D eigenvalue weighted by Crippen LogP contribution is -2.06. The monoisotopic (exact) mass is 261 g/mol. The molecule has 0 aliphatic carbocycles. The van der Waals surface area contributed by atoms with E-state index >= 15 is 0 Å². The summed E-state index contributed by atoms with van der Waals surface area (Å²) < 4.78 is 0. The zero-order valence-corrected chi connectivity index (χ0v) is 10.3. The molecule has 0 amide bonds. The smallest absolute Gasteiger partial charge is 0.167 e. The lowest BCUT2D eigenvalue weighted by Gasteiger charge is -2.05. The summed E-state index contributed by atoms with van der Waals surface area (Å²) in [6.45, 7) is 0. The molecule has 1 aromatic carbocycles. The largest absolute Gasteiger partial charge is 0.398 e. The second-order valence-electron chi connectivity index (χ2n) is 3.91. The van der Waals surface area contributed by atoms with Crippen molar-refractivity contribution in [2.24, 2.45) is 0 Å². The second kappa shape index (κ2) is 5.06. The highest BCUT2D eigenvalue weighted by molar-refractivity contribution is 6.33. The molecule has 0 aliphatic heterocycles. The molecular formula is C13H12ClN3O. The molecule has 0 bridgehead atoms. The first kappa shape index (κ1) is 12.4. The Morgan fingerprint density at radius 3 is 2.67 bits per heavy atom. The summed E-state index contributed by atoms with van der Waals surface area (Å²) in [7, 11) is 0. The third-order valence-electron chi connectivity index (χ3n) is 2.61.